The molecule has 4 rings (SSSR count). The number of hydrogen-bond acceptors (Lipinski definition) is 7. The number of amides is 1. The van der Waals surface area contributed by atoms with Crippen LogP contribution in [0.4, 0.5) is 5.82 Å². The lowest BCUT2D eigenvalue weighted by atomic mass is 10.1. The number of fused-ring (bicyclic) bond motifs is 1. The van der Waals surface area contributed by atoms with E-state index in [1.165, 1.54) is 28.0 Å². The van der Waals surface area contributed by atoms with Crippen LogP contribution in [0.3, 0.4) is 0 Å². The molecule has 1 amide bonds. The summed E-state index contributed by atoms with van der Waals surface area (Å²) in [6, 6.07) is 0. The van der Waals surface area contributed by atoms with Gasteiger partial charge in [-0.2, -0.15) is 14.6 Å². The van der Waals surface area contributed by atoms with Gasteiger partial charge >= 0.3 is 0 Å². The van der Waals surface area contributed by atoms with Crippen molar-refractivity contribution in [2.24, 2.45) is 0 Å². The molecule has 1 saturated heterocycles. The highest BCUT2D eigenvalue weighted by molar-refractivity contribution is 7.16. The Hall–Kier alpha value is -3.07. The van der Waals surface area contributed by atoms with Gasteiger partial charge in [0.1, 0.15) is 10.8 Å². The first-order valence-corrected chi connectivity index (χ1v) is 9.91. The number of nitrogens with zero attached hydrogens (tertiary/aromatic N) is 4. The predicted octanol–water partition coefficient (Wildman–Crippen LogP) is 1.37. The van der Waals surface area contributed by atoms with Gasteiger partial charge in [0, 0.05) is 13.1 Å². The van der Waals surface area contributed by atoms with Crippen molar-refractivity contribution in [1.29, 1.82) is 0 Å². The van der Waals surface area contributed by atoms with E-state index < -0.39 is 5.56 Å². The molecule has 1 aliphatic heterocycles. The van der Waals surface area contributed by atoms with Crippen LogP contribution in [0.2, 0.25) is 0 Å². The van der Waals surface area contributed by atoms with Gasteiger partial charge in [-0.3, -0.25) is 14.4 Å². The van der Waals surface area contributed by atoms with Crippen molar-refractivity contribution in [2.75, 3.05) is 18.8 Å². The molecule has 9 heteroatoms. The summed E-state index contributed by atoms with van der Waals surface area (Å²) >= 11 is 1.19. The van der Waals surface area contributed by atoms with Crippen LogP contribution in [-0.4, -0.2) is 44.3 Å². The second-order valence-corrected chi connectivity index (χ2v) is 7.78. The van der Waals surface area contributed by atoms with E-state index in [1.54, 1.807) is 18.2 Å². The Balaban J connectivity index is 1.64. The van der Waals surface area contributed by atoms with Gasteiger partial charge in [0.15, 0.2) is 5.78 Å². The Kier molecular flexibility index (Phi) is 4.91. The van der Waals surface area contributed by atoms with E-state index in [2.05, 4.69) is 10.1 Å². The molecule has 1 aliphatic carbocycles. The molecule has 3 heterocycles. The smallest absolute Gasteiger partial charge is 0.283 e. The minimum atomic E-state index is -0.471. The summed E-state index contributed by atoms with van der Waals surface area (Å²) in [5, 5.41) is 4.97. The van der Waals surface area contributed by atoms with E-state index in [4.69, 9.17) is 5.73 Å². The van der Waals surface area contributed by atoms with E-state index >= 15 is 0 Å². The van der Waals surface area contributed by atoms with Crippen molar-refractivity contribution in [1.82, 2.24) is 19.5 Å². The van der Waals surface area contributed by atoms with Crippen molar-refractivity contribution in [3.63, 3.8) is 0 Å². The minimum Gasteiger partial charge on any atom is -0.383 e. The number of hydrogen-bond donors (Lipinski definition) is 1. The van der Waals surface area contributed by atoms with E-state index in [0.717, 1.165) is 32.4 Å². The average molecular weight is 397 g/mol. The fraction of sp³-hybridized carbons (Fsp3) is 0.316. The summed E-state index contributed by atoms with van der Waals surface area (Å²) in [6.07, 6.45) is 11.0. The first-order valence-electron chi connectivity index (χ1n) is 9.09. The molecule has 2 aromatic rings. The van der Waals surface area contributed by atoms with Gasteiger partial charge in [-0.1, -0.05) is 23.5 Å². The molecular formula is C19H19N5O3S. The van der Waals surface area contributed by atoms with E-state index in [-0.39, 0.29) is 29.5 Å². The molecule has 2 aliphatic rings. The number of likely N-dealkylation sites (tertiary alicyclic amines) is 1. The van der Waals surface area contributed by atoms with E-state index in [1.807, 2.05) is 4.90 Å². The Morgan fingerprint density at radius 1 is 1.14 bits per heavy atom. The Labute approximate surface area is 164 Å². The van der Waals surface area contributed by atoms with Gasteiger partial charge in [0.25, 0.3) is 5.56 Å². The molecule has 0 saturated carbocycles. The van der Waals surface area contributed by atoms with Crippen molar-refractivity contribution in [2.45, 2.75) is 25.7 Å². The van der Waals surface area contributed by atoms with Crippen LogP contribution in [0.15, 0.2) is 34.7 Å². The van der Waals surface area contributed by atoms with Crippen LogP contribution < -0.4 is 11.3 Å². The molecule has 1 fully saturated rings. The summed E-state index contributed by atoms with van der Waals surface area (Å²) in [4.78, 5) is 42.4. The van der Waals surface area contributed by atoms with Gasteiger partial charge in [-0.15, -0.1) is 0 Å². The third-order valence-electron chi connectivity index (χ3n) is 4.74. The van der Waals surface area contributed by atoms with Crippen molar-refractivity contribution < 1.29 is 9.59 Å². The summed E-state index contributed by atoms with van der Waals surface area (Å²) in [5.41, 5.74) is 6.56. The van der Waals surface area contributed by atoms with Crippen LogP contribution in [0.25, 0.3) is 11.0 Å². The molecule has 0 aromatic carbocycles. The number of rotatable bonds is 3. The topological polar surface area (TPSA) is 111 Å². The lowest BCUT2D eigenvalue weighted by Gasteiger charge is -2.26. The highest BCUT2D eigenvalue weighted by atomic mass is 32.1. The maximum atomic E-state index is 12.5. The molecule has 0 radical (unpaired) electrons. The SMILES string of the molecule is Nc1c(C=C2C=CC(=O)C=C2)c(=O)nc2sc(CC(=O)N3CCCCC3)nn12. The predicted molar refractivity (Wildman–Crippen MR) is 107 cm³/mol. The lowest BCUT2D eigenvalue weighted by Crippen LogP contribution is -2.36. The van der Waals surface area contributed by atoms with Gasteiger partial charge < -0.3 is 10.6 Å². The molecule has 0 bridgehead atoms. The normalized spacial score (nSPS) is 16.8. The van der Waals surface area contributed by atoms with Crippen LogP contribution in [0.5, 0.6) is 0 Å². The second-order valence-electron chi connectivity index (χ2n) is 6.74. The van der Waals surface area contributed by atoms with Gasteiger partial charge in [0.2, 0.25) is 10.9 Å². The number of carbonyl (C=O) groups is 2. The van der Waals surface area contributed by atoms with E-state index in [9.17, 15) is 14.4 Å². The fourth-order valence-corrected chi connectivity index (χ4v) is 4.13. The van der Waals surface area contributed by atoms with Crippen molar-refractivity contribution >= 4 is 39.9 Å². The quantitative estimate of drug-likeness (QED) is 0.837. The standard InChI is InChI=1S/C19H19N5O3S/c20-17-14(10-12-4-6-13(25)7-5-12)18(27)21-19-24(17)22-15(28-19)11-16(26)23-8-2-1-3-9-23/h4-7,10H,1-3,8-9,11,20H2. The number of carbonyl (C=O) groups excluding carboxylic acids is 2. The Morgan fingerprint density at radius 2 is 1.86 bits per heavy atom. The zero-order valence-corrected chi connectivity index (χ0v) is 15.9. The first-order chi connectivity index (χ1) is 13.5. The molecule has 0 spiro atoms. The van der Waals surface area contributed by atoms with Gasteiger partial charge in [-0.05, 0) is 43.1 Å². The van der Waals surface area contributed by atoms with E-state index in [0.29, 0.717) is 15.5 Å². The fourth-order valence-electron chi connectivity index (χ4n) is 3.24. The van der Waals surface area contributed by atoms with Crippen molar-refractivity contribution in [3.05, 3.63) is 50.8 Å². The van der Waals surface area contributed by atoms with Crippen LogP contribution in [-0.2, 0) is 16.0 Å². The molecule has 144 valence electrons. The van der Waals surface area contributed by atoms with Crippen molar-refractivity contribution in [3.8, 4) is 0 Å². The second kappa shape index (κ2) is 7.51. The molecule has 2 aromatic heterocycles. The monoisotopic (exact) mass is 397 g/mol. The lowest BCUT2D eigenvalue weighted by molar-refractivity contribution is -0.131. The van der Waals surface area contributed by atoms with Gasteiger partial charge in [0.05, 0.1) is 12.0 Å². The summed E-state index contributed by atoms with van der Waals surface area (Å²) in [6.45, 7) is 1.56. The maximum Gasteiger partial charge on any atom is 0.283 e. The molecule has 8 nitrogen and oxygen atoms in total. The maximum absolute atomic E-state index is 12.5. The number of aromatic nitrogens is 3. The molecular weight excluding hydrogens is 378 g/mol. The summed E-state index contributed by atoms with van der Waals surface area (Å²) in [7, 11) is 0. The number of nitrogens with two attached hydrogens (primary N) is 1. The number of nitrogen functional groups attached to an aromatic ring is 1. The Morgan fingerprint density at radius 3 is 2.57 bits per heavy atom. The summed E-state index contributed by atoms with van der Waals surface area (Å²) < 4.78 is 1.40. The molecule has 0 atom stereocenters. The molecule has 28 heavy (non-hydrogen) atoms. The third-order valence-corrected chi connectivity index (χ3v) is 5.64. The zero-order valence-electron chi connectivity index (χ0n) is 15.1. The van der Waals surface area contributed by atoms with Crippen LogP contribution in [0.1, 0.15) is 29.8 Å². The first kappa shape index (κ1) is 18.3. The number of allylic oxidation sites excluding steroid dienone is 5. The van der Waals surface area contributed by atoms with Gasteiger partial charge in [-0.25, -0.2) is 0 Å². The summed E-state index contributed by atoms with van der Waals surface area (Å²) in [5.74, 6) is 0.0804. The average Bonchev–Trinajstić information content (AvgIpc) is 3.09. The highest BCUT2D eigenvalue weighted by Crippen LogP contribution is 2.20. The number of piperidine rings is 1. The Bertz CT molecular complexity index is 1080. The molecule has 2 N–H and O–H groups in total. The number of ketones is 1. The molecule has 0 unspecified atom stereocenters. The highest BCUT2D eigenvalue weighted by Gasteiger charge is 2.20. The third kappa shape index (κ3) is 3.65. The van der Waals surface area contributed by atoms with Crippen LogP contribution >= 0.6 is 11.3 Å². The largest absolute Gasteiger partial charge is 0.383 e. The zero-order chi connectivity index (χ0) is 19.7. The van der Waals surface area contributed by atoms with Crippen LogP contribution in [0, 0.1) is 0 Å². The minimum absolute atomic E-state index is 0.0322. The number of anilines is 1.